The fourth-order valence-corrected chi connectivity index (χ4v) is 2.71. The molecule has 0 unspecified atom stereocenters. The molecule has 0 saturated heterocycles. The molecule has 1 heterocycles. The molecular formula is C16H21N3O2. The molecule has 112 valence electrons. The average molecular weight is 287 g/mol. The molecule has 1 saturated carbocycles. The zero-order valence-corrected chi connectivity index (χ0v) is 12.3. The van der Waals surface area contributed by atoms with Crippen LogP contribution in [0.5, 0.6) is 5.75 Å². The summed E-state index contributed by atoms with van der Waals surface area (Å²) in [6.45, 7) is 2.40. The maximum absolute atomic E-state index is 6.31. The van der Waals surface area contributed by atoms with Gasteiger partial charge in [0.25, 0.3) is 5.89 Å². The Labute approximate surface area is 124 Å². The van der Waals surface area contributed by atoms with Crippen molar-refractivity contribution in [3.8, 4) is 5.75 Å². The normalized spacial score (nSPS) is 17.0. The first kappa shape index (κ1) is 14.1. The SMILES string of the molecule is CCc1ccc(OCc2nc(C3(N)CCCC3)no2)cc1. The highest BCUT2D eigenvalue weighted by Crippen LogP contribution is 2.34. The average Bonchev–Trinajstić information content (AvgIpc) is 3.15. The molecule has 0 atom stereocenters. The van der Waals surface area contributed by atoms with Crippen LogP contribution in [0.1, 0.15) is 49.9 Å². The monoisotopic (exact) mass is 287 g/mol. The van der Waals surface area contributed by atoms with Gasteiger partial charge < -0.3 is 15.0 Å². The van der Waals surface area contributed by atoms with Crippen molar-refractivity contribution >= 4 is 0 Å². The number of ether oxygens (including phenoxy) is 1. The molecule has 2 aromatic rings. The largest absolute Gasteiger partial charge is 0.484 e. The molecule has 0 spiro atoms. The second-order valence-electron chi connectivity index (χ2n) is 5.66. The van der Waals surface area contributed by atoms with Gasteiger partial charge in [-0.25, -0.2) is 0 Å². The van der Waals surface area contributed by atoms with Crippen LogP contribution < -0.4 is 10.5 Å². The lowest BCUT2D eigenvalue weighted by Gasteiger charge is -2.17. The van der Waals surface area contributed by atoms with Gasteiger partial charge in [-0.3, -0.25) is 0 Å². The third kappa shape index (κ3) is 3.08. The summed E-state index contributed by atoms with van der Waals surface area (Å²) in [7, 11) is 0. The van der Waals surface area contributed by atoms with Crippen molar-refractivity contribution < 1.29 is 9.26 Å². The van der Waals surface area contributed by atoms with E-state index in [1.165, 1.54) is 5.56 Å². The summed E-state index contributed by atoms with van der Waals surface area (Å²) in [5.41, 5.74) is 7.18. The Bertz CT molecular complexity index is 586. The van der Waals surface area contributed by atoms with Gasteiger partial charge >= 0.3 is 0 Å². The molecule has 21 heavy (non-hydrogen) atoms. The van der Waals surface area contributed by atoms with E-state index in [2.05, 4.69) is 29.2 Å². The van der Waals surface area contributed by atoms with E-state index < -0.39 is 5.54 Å². The van der Waals surface area contributed by atoms with Gasteiger partial charge in [0.15, 0.2) is 12.4 Å². The quantitative estimate of drug-likeness (QED) is 0.915. The van der Waals surface area contributed by atoms with E-state index in [4.69, 9.17) is 15.0 Å². The van der Waals surface area contributed by atoms with Gasteiger partial charge in [-0.05, 0) is 37.0 Å². The molecule has 0 bridgehead atoms. The van der Waals surface area contributed by atoms with Crippen LogP contribution in [0.3, 0.4) is 0 Å². The van der Waals surface area contributed by atoms with E-state index in [1.807, 2.05) is 12.1 Å². The molecule has 1 aromatic heterocycles. The van der Waals surface area contributed by atoms with E-state index in [0.717, 1.165) is 37.9 Å². The van der Waals surface area contributed by atoms with Crippen molar-refractivity contribution in [3.63, 3.8) is 0 Å². The van der Waals surface area contributed by atoms with Gasteiger partial charge in [-0.15, -0.1) is 0 Å². The Kier molecular flexibility index (Phi) is 3.92. The van der Waals surface area contributed by atoms with Crippen LogP contribution in [0.15, 0.2) is 28.8 Å². The van der Waals surface area contributed by atoms with Crippen LogP contribution in [0.2, 0.25) is 0 Å². The number of hydrogen-bond acceptors (Lipinski definition) is 5. The van der Waals surface area contributed by atoms with Crippen molar-refractivity contribution in [2.24, 2.45) is 5.73 Å². The van der Waals surface area contributed by atoms with Crippen molar-refractivity contribution in [3.05, 3.63) is 41.5 Å². The van der Waals surface area contributed by atoms with Gasteiger partial charge in [-0.2, -0.15) is 4.98 Å². The Morgan fingerprint density at radius 1 is 1.24 bits per heavy atom. The number of benzene rings is 1. The predicted molar refractivity (Wildman–Crippen MR) is 78.8 cm³/mol. The number of aryl methyl sites for hydroxylation is 1. The summed E-state index contributed by atoms with van der Waals surface area (Å²) < 4.78 is 10.9. The number of hydrogen-bond donors (Lipinski definition) is 1. The fraction of sp³-hybridized carbons (Fsp3) is 0.500. The van der Waals surface area contributed by atoms with Crippen LogP contribution in [0, 0.1) is 0 Å². The minimum atomic E-state index is -0.412. The third-order valence-electron chi connectivity index (χ3n) is 4.10. The van der Waals surface area contributed by atoms with Crippen LogP contribution >= 0.6 is 0 Å². The second kappa shape index (κ2) is 5.85. The lowest BCUT2D eigenvalue weighted by Crippen LogP contribution is -2.34. The highest BCUT2D eigenvalue weighted by atomic mass is 16.5. The van der Waals surface area contributed by atoms with Crippen molar-refractivity contribution in [1.82, 2.24) is 10.1 Å². The van der Waals surface area contributed by atoms with Crippen LogP contribution in [-0.4, -0.2) is 10.1 Å². The number of nitrogens with two attached hydrogens (primary N) is 1. The molecule has 3 rings (SSSR count). The molecule has 1 aromatic carbocycles. The van der Waals surface area contributed by atoms with Gasteiger partial charge in [0.05, 0.1) is 5.54 Å². The Hall–Kier alpha value is -1.88. The molecule has 1 aliphatic carbocycles. The molecular weight excluding hydrogens is 266 g/mol. The zero-order valence-electron chi connectivity index (χ0n) is 12.3. The van der Waals surface area contributed by atoms with Gasteiger partial charge in [0.2, 0.25) is 0 Å². The zero-order chi connectivity index (χ0) is 14.7. The molecule has 1 aliphatic rings. The Balaban J connectivity index is 1.61. The highest BCUT2D eigenvalue weighted by Gasteiger charge is 2.35. The van der Waals surface area contributed by atoms with Crippen molar-refractivity contribution in [2.75, 3.05) is 0 Å². The molecule has 0 amide bonds. The van der Waals surface area contributed by atoms with E-state index in [-0.39, 0.29) is 6.61 Å². The summed E-state index contributed by atoms with van der Waals surface area (Å²) in [4.78, 5) is 4.39. The lowest BCUT2D eigenvalue weighted by atomic mass is 9.99. The van der Waals surface area contributed by atoms with E-state index in [9.17, 15) is 0 Å². The summed E-state index contributed by atoms with van der Waals surface area (Å²) in [6, 6.07) is 8.03. The van der Waals surface area contributed by atoms with Crippen LogP contribution in [0.4, 0.5) is 0 Å². The van der Waals surface area contributed by atoms with Gasteiger partial charge in [0.1, 0.15) is 5.75 Å². The minimum Gasteiger partial charge on any atom is -0.484 e. The predicted octanol–water partition coefficient (Wildman–Crippen LogP) is 2.94. The summed E-state index contributed by atoms with van der Waals surface area (Å²) in [5, 5.41) is 4.02. The number of rotatable bonds is 5. The maximum Gasteiger partial charge on any atom is 0.264 e. The Morgan fingerprint density at radius 3 is 2.62 bits per heavy atom. The van der Waals surface area contributed by atoms with E-state index in [0.29, 0.717) is 11.7 Å². The highest BCUT2D eigenvalue weighted by molar-refractivity contribution is 5.27. The van der Waals surface area contributed by atoms with Crippen molar-refractivity contribution in [1.29, 1.82) is 0 Å². The molecule has 0 aliphatic heterocycles. The molecule has 1 fully saturated rings. The maximum atomic E-state index is 6.31. The molecule has 2 N–H and O–H groups in total. The second-order valence-corrected chi connectivity index (χ2v) is 5.66. The molecule has 0 radical (unpaired) electrons. The van der Waals surface area contributed by atoms with Gasteiger partial charge in [0, 0.05) is 0 Å². The summed E-state index contributed by atoms with van der Waals surface area (Å²) >= 11 is 0. The topological polar surface area (TPSA) is 74.2 Å². The smallest absolute Gasteiger partial charge is 0.264 e. The summed E-state index contributed by atoms with van der Waals surface area (Å²) in [6.07, 6.45) is 5.11. The van der Waals surface area contributed by atoms with E-state index in [1.54, 1.807) is 0 Å². The summed E-state index contributed by atoms with van der Waals surface area (Å²) in [5.74, 6) is 1.89. The van der Waals surface area contributed by atoms with Crippen molar-refractivity contribution in [2.45, 2.75) is 51.2 Å². The first-order valence-electron chi connectivity index (χ1n) is 7.53. The first-order chi connectivity index (χ1) is 10.2. The lowest BCUT2D eigenvalue weighted by molar-refractivity contribution is 0.241. The van der Waals surface area contributed by atoms with Crippen LogP contribution in [-0.2, 0) is 18.6 Å². The number of aromatic nitrogens is 2. The third-order valence-corrected chi connectivity index (χ3v) is 4.10. The molecule has 5 nitrogen and oxygen atoms in total. The number of nitrogens with zero attached hydrogens (tertiary/aromatic N) is 2. The fourth-order valence-electron chi connectivity index (χ4n) is 2.71. The first-order valence-corrected chi connectivity index (χ1v) is 7.53. The minimum absolute atomic E-state index is 0.272. The van der Waals surface area contributed by atoms with Gasteiger partial charge in [-0.1, -0.05) is 37.1 Å². The standard InChI is InChI=1S/C16H21N3O2/c1-2-12-5-7-13(8-6-12)20-11-14-18-15(19-21-14)16(17)9-3-4-10-16/h5-8H,2-4,9-11,17H2,1H3. The molecule has 5 heteroatoms. The van der Waals surface area contributed by atoms with E-state index >= 15 is 0 Å². The van der Waals surface area contributed by atoms with Crippen LogP contribution in [0.25, 0.3) is 0 Å². The Morgan fingerprint density at radius 2 is 1.95 bits per heavy atom.